The largest absolute Gasteiger partial charge is 0.461 e. The monoisotopic (exact) mass is 412 g/mol. The highest BCUT2D eigenvalue weighted by molar-refractivity contribution is 6.07. The quantitative estimate of drug-likeness (QED) is 0.504. The van der Waals surface area contributed by atoms with E-state index in [2.05, 4.69) is 0 Å². The van der Waals surface area contributed by atoms with Crippen molar-refractivity contribution < 1.29 is 19.1 Å². The van der Waals surface area contributed by atoms with E-state index in [0.717, 1.165) is 5.56 Å². The number of ketones is 1. The summed E-state index contributed by atoms with van der Waals surface area (Å²) >= 11 is 0. The molecule has 0 saturated carbocycles. The van der Waals surface area contributed by atoms with Crippen molar-refractivity contribution in [1.82, 2.24) is 9.47 Å². The Morgan fingerprint density at radius 3 is 2.10 bits per heavy atom. The Hall–Kier alpha value is -2.89. The number of rotatable bonds is 7. The van der Waals surface area contributed by atoms with E-state index in [1.165, 1.54) is 0 Å². The summed E-state index contributed by atoms with van der Waals surface area (Å²) in [4.78, 5) is 40.7. The Bertz CT molecular complexity index is 955. The van der Waals surface area contributed by atoms with Gasteiger partial charge in [0.2, 0.25) is 0 Å². The molecule has 1 amide bonds. The molecule has 0 aliphatic rings. The fourth-order valence-corrected chi connectivity index (χ4v) is 3.87. The lowest BCUT2D eigenvalue weighted by molar-refractivity contribution is 0.0513. The topological polar surface area (TPSA) is 68.6 Å². The van der Waals surface area contributed by atoms with Gasteiger partial charge in [0.05, 0.1) is 12.6 Å². The van der Waals surface area contributed by atoms with Gasteiger partial charge in [-0.15, -0.1) is 0 Å². The van der Waals surface area contributed by atoms with E-state index < -0.39 is 12.0 Å². The third-order valence-corrected chi connectivity index (χ3v) is 5.53. The fraction of sp³-hybridized carbons (Fsp3) is 0.458. The van der Waals surface area contributed by atoms with Crippen LogP contribution in [-0.4, -0.2) is 45.8 Å². The van der Waals surface area contributed by atoms with Gasteiger partial charge in [0.15, 0.2) is 5.78 Å². The first-order valence-corrected chi connectivity index (χ1v) is 10.3. The SMILES string of the molecule is CCOC(=O)c1c(C)c(C(=O)C(C)N(C(=O)c2ccc(C)cc2)C(C)C)c(C)n1C. The fourth-order valence-electron chi connectivity index (χ4n) is 3.87. The second-order valence-corrected chi connectivity index (χ2v) is 7.93. The van der Waals surface area contributed by atoms with Crippen molar-refractivity contribution >= 4 is 17.7 Å². The van der Waals surface area contributed by atoms with Crippen molar-refractivity contribution in [2.45, 2.75) is 60.5 Å². The third kappa shape index (κ3) is 4.32. The van der Waals surface area contributed by atoms with Gasteiger partial charge in [-0.25, -0.2) is 4.79 Å². The zero-order chi connectivity index (χ0) is 22.7. The minimum absolute atomic E-state index is 0.174. The van der Waals surface area contributed by atoms with Crippen molar-refractivity contribution in [2.24, 2.45) is 7.05 Å². The highest BCUT2D eigenvalue weighted by atomic mass is 16.5. The second kappa shape index (κ2) is 9.28. The van der Waals surface area contributed by atoms with Crippen LogP contribution in [0.5, 0.6) is 0 Å². The summed E-state index contributed by atoms with van der Waals surface area (Å²) in [5.74, 6) is -0.836. The number of benzene rings is 1. The Balaban J connectivity index is 2.45. The molecule has 0 N–H and O–H groups in total. The molecule has 1 aromatic heterocycles. The highest BCUT2D eigenvalue weighted by Crippen LogP contribution is 2.26. The molecule has 2 aromatic rings. The molecule has 162 valence electrons. The normalized spacial score (nSPS) is 12.0. The maximum Gasteiger partial charge on any atom is 0.355 e. The minimum atomic E-state index is -0.686. The second-order valence-electron chi connectivity index (χ2n) is 7.93. The van der Waals surface area contributed by atoms with Gasteiger partial charge >= 0.3 is 5.97 Å². The number of hydrogen-bond acceptors (Lipinski definition) is 4. The van der Waals surface area contributed by atoms with E-state index in [9.17, 15) is 14.4 Å². The van der Waals surface area contributed by atoms with Crippen LogP contribution in [0, 0.1) is 20.8 Å². The lowest BCUT2D eigenvalue weighted by atomic mass is 9.98. The molecule has 0 aliphatic heterocycles. The first-order chi connectivity index (χ1) is 14.0. The zero-order valence-electron chi connectivity index (χ0n) is 19.2. The van der Waals surface area contributed by atoms with E-state index in [1.807, 2.05) is 32.9 Å². The Morgan fingerprint density at radius 2 is 1.60 bits per heavy atom. The summed E-state index contributed by atoms with van der Waals surface area (Å²) in [5.41, 5.74) is 3.70. The number of hydrogen-bond donors (Lipinski definition) is 0. The first-order valence-electron chi connectivity index (χ1n) is 10.3. The van der Waals surface area contributed by atoms with Crippen LogP contribution in [0.3, 0.4) is 0 Å². The van der Waals surface area contributed by atoms with Gasteiger partial charge in [-0.05, 0) is 66.2 Å². The molecule has 0 aliphatic carbocycles. The van der Waals surface area contributed by atoms with Crippen molar-refractivity contribution in [1.29, 1.82) is 0 Å². The van der Waals surface area contributed by atoms with Crippen LogP contribution in [0.4, 0.5) is 0 Å². The molecule has 6 heteroatoms. The summed E-state index contributed by atoms with van der Waals surface area (Å²) in [5, 5.41) is 0. The lowest BCUT2D eigenvalue weighted by Crippen LogP contribution is -2.47. The number of carbonyl (C=O) groups excluding carboxylic acids is 3. The summed E-state index contributed by atoms with van der Waals surface area (Å²) in [6, 6.07) is 6.47. The van der Waals surface area contributed by atoms with E-state index in [4.69, 9.17) is 4.74 Å². The van der Waals surface area contributed by atoms with Crippen LogP contribution >= 0.6 is 0 Å². The van der Waals surface area contributed by atoms with Crippen molar-refractivity contribution in [2.75, 3.05) is 6.61 Å². The Labute approximate surface area is 178 Å². The molecule has 0 bridgehead atoms. The molecule has 1 atom stereocenters. The lowest BCUT2D eigenvalue weighted by Gasteiger charge is -2.32. The third-order valence-electron chi connectivity index (χ3n) is 5.53. The van der Waals surface area contributed by atoms with Crippen LogP contribution in [-0.2, 0) is 11.8 Å². The Morgan fingerprint density at radius 1 is 1.03 bits per heavy atom. The molecular formula is C24H32N2O4. The molecule has 30 heavy (non-hydrogen) atoms. The number of amides is 1. The van der Waals surface area contributed by atoms with Crippen LogP contribution in [0.1, 0.15) is 75.7 Å². The molecule has 1 unspecified atom stereocenters. The predicted molar refractivity (Wildman–Crippen MR) is 117 cm³/mol. The summed E-state index contributed by atoms with van der Waals surface area (Å²) in [7, 11) is 1.74. The highest BCUT2D eigenvalue weighted by Gasteiger charge is 2.34. The Kier molecular flexibility index (Phi) is 7.24. The molecule has 6 nitrogen and oxygen atoms in total. The van der Waals surface area contributed by atoms with Gasteiger partial charge in [0.1, 0.15) is 5.69 Å². The average molecular weight is 413 g/mol. The molecule has 1 heterocycles. The molecule has 0 saturated heterocycles. The number of aromatic nitrogens is 1. The zero-order valence-corrected chi connectivity index (χ0v) is 19.2. The van der Waals surface area contributed by atoms with E-state index >= 15 is 0 Å². The number of carbonyl (C=O) groups is 3. The molecule has 0 spiro atoms. The van der Waals surface area contributed by atoms with Gasteiger partial charge in [0.25, 0.3) is 5.91 Å². The number of aryl methyl sites for hydroxylation is 1. The smallest absolute Gasteiger partial charge is 0.355 e. The van der Waals surface area contributed by atoms with E-state index in [0.29, 0.717) is 28.1 Å². The van der Waals surface area contributed by atoms with Crippen molar-refractivity contribution in [3.63, 3.8) is 0 Å². The molecule has 0 fully saturated rings. The van der Waals surface area contributed by atoms with Gasteiger partial charge in [0, 0.05) is 29.9 Å². The number of nitrogens with zero attached hydrogens (tertiary/aromatic N) is 2. The van der Waals surface area contributed by atoms with Crippen LogP contribution in [0.25, 0.3) is 0 Å². The number of ether oxygens (including phenoxy) is 1. The van der Waals surface area contributed by atoms with Crippen LogP contribution < -0.4 is 0 Å². The summed E-state index contributed by atoms with van der Waals surface area (Å²) < 4.78 is 6.84. The predicted octanol–water partition coefficient (Wildman–Crippen LogP) is 4.25. The number of Topliss-reactive ketones (excluding diaryl/α,β-unsaturated/α-hetero) is 1. The van der Waals surface area contributed by atoms with Crippen LogP contribution in [0.2, 0.25) is 0 Å². The van der Waals surface area contributed by atoms with Crippen molar-refractivity contribution in [3.05, 3.63) is 57.9 Å². The minimum Gasteiger partial charge on any atom is -0.461 e. The number of esters is 1. The van der Waals surface area contributed by atoms with Gasteiger partial charge in [-0.2, -0.15) is 0 Å². The maximum absolute atomic E-state index is 13.5. The van der Waals surface area contributed by atoms with Gasteiger partial charge in [-0.3, -0.25) is 9.59 Å². The average Bonchev–Trinajstić information content (AvgIpc) is 2.90. The van der Waals surface area contributed by atoms with Crippen LogP contribution in [0.15, 0.2) is 24.3 Å². The standard InChI is InChI=1S/C24H32N2O4/c1-9-30-24(29)21-16(5)20(17(6)25(21)8)22(27)18(7)26(14(2)3)23(28)19-12-10-15(4)11-13-19/h10-14,18H,9H2,1-8H3. The summed E-state index contributed by atoms with van der Waals surface area (Å²) in [6.07, 6.45) is 0. The van der Waals surface area contributed by atoms with Crippen molar-refractivity contribution in [3.8, 4) is 0 Å². The first kappa shape index (κ1) is 23.4. The molecule has 0 radical (unpaired) electrons. The van der Waals surface area contributed by atoms with E-state index in [-0.39, 0.29) is 24.3 Å². The molecule has 1 aromatic carbocycles. The maximum atomic E-state index is 13.5. The van der Waals surface area contributed by atoms with Gasteiger partial charge in [-0.1, -0.05) is 17.7 Å². The van der Waals surface area contributed by atoms with E-state index in [1.54, 1.807) is 56.3 Å². The van der Waals surface area contributed by atoms with Gasteiger partial charge < -0.3 is 14.2 Å². The summed E-state index contributed by atoms with van der Waals surface area (Å²) in [6.45, 7) is 13.0. The molecular weight excluding hydrogens is 380 g/mol. The molecule has 2 rings (SSSR count).